The highest BCUT2D eigenvalue weighted by Gasteiger charge is 2.37. The molecule has 3 aromatic rings. The van der Waals surface area contributed by atoms with Crippen LogP contribution in [0.5, 0.6) is 0 Å². The topological polar surface area (TPSA) is 115 Å². The molecule has 0 radical (unpaired) electrons. The van der Waals surface area contributed by atoms with Gasteiger partial charge in [-0.15, -0.1) is 0 Å². The van der Waals surface area contributed by atoms with Gasteiger partial charge in [0.2, 0.25) is 0 Å². The first-order valence-corrected chi connectivity index (χ1v) is 19.2. The Kier molecular flexibility index (Phi) is 13.3. The molecule has 0 atom stereocenters. The van der Waals surface area contributed by atoms with Crippen LogP contribution in [0.15, 0.2) is 72.8 Å². The third-order valence-corrected chi connectivity index (χ3v) is 9.95. The lowest BCUT2D eigenvalue weighted by atomic mass is 9.83. The van der Waals surface area contributed by atoms with Crippen LogP contribution >= 0.6 is 0 Å². The van der Waals surface area contributed by atoms with Crippen LogP contribution in [-0.4, -0.2) is 37.1 Å². The molecule has 3 N–H and O–H groups in total. The molecule has 0 aliphatic carbocycles. The second-order valence-electron chi connectivity index (χ2n) is 19.7. The van der Waals surface area contributed by atoms with Gasteiger partial charge in [-0.05, 0) is 98.1 Å². The third-order valence-electron chi connectivity index (χ3n) is 9.95. The monoisotopic (exact) mass is 758 g/mol. The largest absolute Gasteiger partial charge is 0.445 e. The standard InChI is InChI=1S/C46H67N3O6/c1-40(2,3)31-20-17-23-34(26-31)43(10,11)47-37(50)53-29-46(16,55-39(52)49-45(14,15)36-25-19-22-33(28-36)42(7,8)9)30-54-38(51)48-44(12,13)35-24-18-21-32(27-35)41(4,5)6/h17-28H,29-30H2,1-16H3,(H,47,50)(H,48,51)(H,49,52). The summed E-state index contributed by atoms with van der Waals surface area (Å²) >= 11 is 0. The minimum atomic E-state index is -1.56. The first-order valence-electron chi connectivity index (χ1n) is 19.2. The fraction of sp³-hybridized carbons (Fsp3) is 0.543. The number of hydrogen-bond donors (Lipinski definition) is 3. The first kappa shape index (κ1) is 44.9. The lowest BCUT2D eigenvalue weighted by Crippen LogP contribution is -2.51. The third kappa shape index (κ3) is 12.8. The predicted octanol–water partition coefficient (Wildman–Crippen LogP) is 10.6. The second kappa shape index (κ2) is 16.3. The van der Waals surface area contributed by atoms with Gasteiger partial charge < -0.3 is 30.2 Å². The van der Waals surface area contributed by atoms with E-state index in [1.165, 1.54) is 0 Å². The summed E-state index contributed by atoms with van der Waals surface area (Å²) in [7, 11) is 0. The van der Waals surface area contributed by atoms with Crippen molar-refractivity contribution in [2.75, 3.05) is 13.2 Å². The summed E-state index contributed by atoms with van der Waals surface area (Å²) in [5.41, 5.74) is 1.89. The van der Waals surface area contributed by atoms with Crippen molar-refractivity contribution >= 4 is 18.3 Å². The van der Waals surface area contributed by atoms with E-state index in [4.69, 9.17) is 14.2 Å². The van der Waals surface area contributed by atoms with E-state index in [-0.39, 0.29) is 16.2 Å². The van der Waals surface area contributed by atoms with E-state index in [0.717, 1.165) is 33.4 Å². The molecule has 0 unspecified atom stereocenters. The van der Waals surface area contributed by atoms with Crippen molar-refractivity contribution in [2.45, 2.75) is 149 Å². The molecular formula is C46H67N3O6. The van der Waals surface area contributed by atoms with Gasteiger partial charge in [-0.1, -0.05) is 135 Å². The Bertz CT molecular complexity index is 1730. The van der Waals surface area contributed by atoms with Crippen LogP contribution in [-0.2, 0) is 47.1 Å². The maximum Gasteiger partial charge on any atom is 0.408 e. The van der Waals surface area contributed by atoms with E-state index in [9.17, 15) is 14.4 Å². The molecule has 0 heterocycles. The fourth-order valence-electron chi connectivity index (χ4n) is 5.96. The molecule has 0 aliphatic heterocycles. The number of nitrogens with one attached hydrogen (secondary N) is 3. The van der Waals surface area contributed by atoms with Crippen molar-refractivity contribution < 1.29 is 28.6 Å². The fourth-order valence-corrected chi connectivity index (χ4v) is 5.96. The molecule has 3 amide bonds. The van der Waals surface area contributed by atoms with Crippen LogP contribution in [0.2, 0.25) is 0 Å². The molecule has 0 fully saturated rings. The van der Waals surface area contributed by atoms with Gasteiger partial charge in [-0.25, -0.2) is 14.4 Å². The Morgan fingerprint density at radius 1 is 0.418 bits per heavy atom. The summed E-state index contributed by atoms with van der Waals surface area (Å²) < 4.78 is 17.4. The van der Waals surface area contributed by atoms with Gasteiger partial charge >= 0.3 is 18.3 Å². The van der Waals surface area contributed by atoms with Gasteiger partial charge in [0.15, 0.2) is 5.60 Å². The molecule has 0 aliphatic rings. The van der Waals surface area contributed by atoms with Crippen LogP contribution in [0.4, 0.5) is 14.4 Å². The average Bonchev–Trinajstić information content (AvgIpc) is 3.05. The molecule has 0 aromatic heterocycles. The summed E-state index contributed by atoms with van der Waals surface area (Å²) in [5, 5.41) is 8.86. The summed E-state index contributed by atoms with van der Waals surface area (Å²) in [6.07, 6.45) is -2.20. The van der Waals surface area contributed by atoms with Gasteiger partial charge in [0.25, 0.3) is 0 Å². The van der Waals surface area contributed by atoms with Crippen LogP contribution < -0.4 is 16.0 Å². The van der Waals surface area contributed by atoms with Crippen molar-refractivity contribution in [3.8, 4) is 0 Å². The highest BCUT2D eigenvalue weighted by atomic mass is 16.6. The molecule has 9 nitrogen and oxygen atoms in total. The summed E-state index contributed by atoms with van der Waals surface area (Å²) in [4.78, 5) is 40.3. The summed E-state index contributed by atoms with van der Waals surface area (Å²) in [5.74, 6) is 0. The number of ether oxygens (including phenoxy) is 3. The van der Waals surface area contributed by atoms with Gasteiger partial charge in [-0.3, -0.25) is 0 Å². The number of benzene rings is 3. The lowest BCUT2D eigenvalue weighted by molar-refractivity contribution is -0.0615. The normalized spacial score (nSPS) is 13.1. The highest BCUT2D eigenvalue weighted by molar-refractivity contribution is 5.71. The maximum atomic E-state index is 13.6. The van der Waals surface area contributed by atoms with E-state index in [2.05, 4.69) is 115 Å². The molecule has 3 rings (SSSR count). The zero-order valence-corrected chi connectivity index (χ0v) is 36.3. The van der Waals surface area contributed by atoms with E-state index in [1.54, 1.807) is 6.92 Å². The molecule has 0 spiro atoms. The van der Waals surface area contributed by atoms with Crippen LogP contribution in [0.3, 0.4) is 0 Å². The van der Waals surface area contributed by atoms with Crippen molar-refractivity contribution in [3.05, 3.63) is 106 Å². The number of carbonyl (C=O) groups excluding carboxylic acids is 3. The molecule has 55 heavy (non-hydrogen) atoms. The van der Waals surface area contributed by atoms with Crippen molar-refractivity contribution in [1.82, 2.24) is 16.0 Å². The Morgan fingerprint density at radius 2 is 0.673 bits per heavy atom. The quantitative estimate of drug-likeness (QED) is 0.168. The van der Waals surface area contributed by atoms with Gasteiger partial charge in [0.1, 0.15) is 13.2 Å². The Balaban J connectivity index is 1.81. The van der Waals surface area contributed by atoms with E-state index in [0.29, 0.717) is 0 Å². The molecule has 9 heteroatoms. The SMILES string of the molecule is CC(COC(=O)NC(C)(C)c1cccc(C(C)(C)C)c1)(COC(=O)NC(C)(C)c1cccc(C(C)(C)C)c1)OC(=O)NC(C)(C)c1cccc(C(C)(C)C)c1. The van der Waals surface area contributed by atoms with E-state index >= 15 is 0 Å². The molecule has 0 bridgehead atoms. The van der Waals surface area contributed by atoms with Crippen molar-refractivity contribution in [1.29, 1.82) is 0 Å². The van der Waals surface area contributed by atoms with Crippen molar-refractivity contribution in [3.63, 3.8) is 0 Å². The molecule has 3 aromatic carbocycles. The van der Waals surface area contributed by atoms with Crippen LogP contribution in [0.1, 0.15) is 144 Å². The van der Waals surface area contributed by atoms with Crippen molar-refractivity contribution in [2.24, 2.45) is 0 Å². The highest BCUT2D eigenvalue weighted by Crippen LogP contribution is 2.31. The predicted molar refractivity (Wildman–Crippen MR) is 221 cm³/mol. The maximum absolute atomic E-state index is 13.6. The van der Waals surface area contributed by atoms with Crippen LogP contribution in [0, 0.1) is 0 Å². The summed E-state index contributed by atoms with van der Waals surface area (Å²) in [6.45, 7) is 31.3. The lowest BCUT2D eigenvalue weighted by Gasteiger charge is -2.34. The van der Waals surface area contributed by atoms with E-state index in [1.807, 2.05) is 77.9 Å². The number of rotatable bonds is 11. The number of alkyl carbamates (subject to hydrolysis) is 3. The second-order valence-corrected chi connectivity index (χ2v) is 19.7. The Labute approximate surface area is 330 Å². The zero-order valence-electron chi connectivity index (χ0n) is 36.3. The zero-order chi connectivity index (χ0) is 41.8. The molecular weight excluding hydrogens is 691 g/mol. The number of carbonyl (C=O) groups is 3. The van der Waals surface area contributed by atoms with Gasteiger partial charge in [0, 0.05) is 0 Å². The average molecular weight is 758 g/mol. The Hall–Kier alpha value is -4.53. The molecule has 0 saturated carbocycles. The minimum absolute atomic E-state index is 0.0751. The first-order chi connectivity index (χ1) is 24.9. The molecule has 0 saturated heterocycles. The van der Waals surface area contributed by atoms with Crippen LogP contribution in [0.25, 0.3) is 0 Å². The summed E-state index contributed by atoms with van der Waals surface area (Å²) in [6, 6.07) is 24.2. The number of hydrogen-bond acceptors (Lipinski definition) is 6. The Morgan fingerprint density at radius 3 is 0.945 bits per heavy atom. The van der Waals surface area contributed by atoms with Gasteiger partial charge in [-0.2, -0.15) is 0 Å². The van der Waals surface area contributed by atoms with Gasteiger partial charge in [0.05, 0.1) is 16.6 Å². The smallest absolute Gasteiger partial charge is 0.408 e. The molecule has 302 valence electrons. The van der Waals surface area contributed by atoms with E-state index < -0.39 is 53.7 Å². The number of amides is 3. The minimum Gasteiger partial charge on any atom is -0.445 e.